The third kappa shape index (κ3) is 4.90. The number of aryl methyl sites for hydroxylation is 3. The zero-order valence-corrected chi connectivity index (χ0v) is 18.5. The van der Waals surface area contributed by atoms with Crippen LogP contribution in [0.2, 0.25) is 0 Å². The van der Waals surface area contributed by atoms with E-state index in [0.717, 1.165) is 29.7 Å². The minimum atomic E-state index is -0.0287. The second-order valence-corrected chi connectivity index (χ2v) is 8.99. The lowest BCUT2D eigenvalue weighted by molar-refractivity contribution is 0.0494. The van der Waals surface area contributed by atoms with E-state index in [9.17, 15) is 5.11 Å². The van der Waals surface area contributed by atoms with Crippen molar-refractivity contribution in [3.63, 3.8) is 0 Å². The number of hydrogen-bond acceptors (Lipinski definition) is 3. The van der Waals surface area contributed by atoms with E-state index in [0.29, 0.717) is 8.58 Å². The molecule has 1 unspecified atom stereocenters. The van der Waals surface area contributed by atoms with E-state index in [1.165, 1.54) is 22.0 Å². The van der Waals surface area contributed by atoms with Crippen LogP contribution in [0.1, 0.15) is 54.5 Å². The summed E-state index contributed by atoms with van der Waals surface area (Å²) in [6, 6.07) is 10.9. The summed E-state index contributed by atoms with van der Waals surface area (Å²) in [5.74, 6) is 0.941. The fraction of sp³-hybridized carbons (Fsp3) is 0.478. The molecule has 0 saturated carbocycles. The maximum atomic E-state index is 9.88. The topological polar surface area (TPSA) is 38.7 Å². The molecule has 0 fully saturated rings. The van der Waals surface area contributed by atoms with Gasteiger partial charge in [-0.05, 0) is 50.0 Å². The van der Waals surface area contributed by atoms with E-state index in [4.69, 9.17) is 9.47 Å². The summed E-state index contributed by atoms with van der Waals surface area (Å²) in [5.41, 5.74) is 5.86. The number of ether oxygens (including phenoxy) is 2. The number of hydrogen-bond donors (Lipinski definition) is 1. The summed E-state index contributed by atoms with van der Waals surface area (Å²) < 4.78 is 11.2. The van der Waals surface area contributed by atoms with Gasteiger partial charge in [-0.3, -0.25) is 0 Å². The van der Waals surface area contributed by atoms with Gasteiger partial charge in [0.2, 0.25) is 0 Å². The van der Waals surface area contributed by atoms with Gasteiger partial charge in [0.1, 0.15) is 5.75 Å². The van der Waals surface area contributed by atoms with Gasteiger partial charge in [-0.25, -0.2) is 0 Å². The summed E-state index contributed by atoms with van der Waals surface area (Å²) in [7, 11) is 2.21. The Balaban J connectivity index is 2.59. The van der Waals surface area contributed by atoms with Crippen molar-refractivity contribution in [1.82, 2.24) is 0 Å². The molecule has 27 heavy (non-hydrogen) atoms. The zero-order chi connectivity index (χ0) is 20.0. The van der Waals surface area contributed by atoms with Crippen LogP contribution in [-0.2, 0) is 16.5 Å². The number of methoxy groups -OCH3 is 1. The lowest BCUT2D eigenvalue weighted by Gasteiger charge is -2.35. The molecule has 0 aliphatic carbocycles. The van der Waals surface area contributed by atoms with Gasteiger partial charge in [-0.1, -0.05) is 63.9 Å². The molecular formula is C23H33O3P. The van der Waals surface area contributed by atoms with Crippen LogP contribution >= 0.6 is 8.58 Å². The molecular weight excluding hydrogens is 355 g/mol. The summed E-state index contributed by atoms with van der Waals surface area (Å²) in [6.45, 7) is 11.1. The molecule has 0 heterocycles. The van der Waals surface area contributed by atoms with Gasteiger partial charge in [0.05, 0.1) is 6.61 Å². The number of benzene rings is 2. The Morgan fingerprint density at radius 3 is 2.30 bits per heavy atom. The van der Waals surface area contributed by atoms with Gasteiger partial charge in [0.15, 0.2) is 6.79 Å². The number of aliphatic hydroxyl groups excluding tert-OH is 1. The molecule has 2 rings (SSSR count). The standard InChI is InChI=1S/C23H33O3P/c1-7-23(8-2,27-21-10-9-16(3)12-19(21)14-24)20-13-17(4)11-18(5)22(20)26-15-25-6/h9-13,24,27H,7-8,14-15H2,1-6H3. The Kier molecular flexibility index (Phi) is 7.85. The summed E-state index contributed by atoms with van der Waals surface area (Å²) in [6.07, 6.45) is 2.01. The quantitative estimate of drug-likeness (QED) is 0.479. The molecule has 3 nitrogen and oxygen atoms in total. The predicted octanol–water partition coefficient (Wildman–Crippen LogP) is 5.11. The Morgan fingerprint density at radius 2 is 1.70 bits per heavy atom. The number of rotatable bonds is 9. The molecule has 1 atom stereocenters. The molecule has 0 aliphatic heterocycles. The molecule has 0 aromatic heterocycles. The van der Waals surface area contributed by atoms with E-state index in [2.05, 4.69) is 65.0 Å². The SMILES string of the molecule is CCC(CC)(Pc1ccc(C)cc1CO)c1cc(C)cc(C)c1OCOC. The highest BCUT2D eigenvalue weighted by atomic mass is 31.1. The molecule has 0 radical (unpaired) electrons. The van der Waals surface area contributed by atoms with Crippen molar-refractivity contribution in [2.24, 2.45) is 0 Å². The van der Waals surface area contributed by atoms with Crippen molar-refractivity contribution < 1.29 is 14.6 Å². The van der Waals surface area contributed by atoms with Gasteiger partial charge in [-0.15, -0.1) is 0 Å². The van der Waals surface area contributed by atoms with Crippen LogP contribution in [0, 0.1) is 20.8 Å². The van der Waals surface area contributed by atoms with Crippen molar-refractivity contribution in [3.8, 4) is 5.75 Å². The molecule has 0 bridgehead atoms. The second kappa shape index (κ2) is 9.68. The molecule has 4 heteroatoms. The van der Waals surface area contributed by atoms with Gasteiger partial charge in [0.25, 0.3) is 0 Å². The highest BCUT2D eigenvalue weighted by Gasteiger charge is 2.33. The maximum Gasteiger partial charge on any atom is 0.188 e. The van der Waals surface area contributed by atoms with Crippen LogP contribution in [0.4, 0.5) is 0 Å². The minimum Gasteiger partial charge on any atom is -0.467 e. The first-order chi connectivity index (χ1) is 12.9. The fourth-order valence-electron chi connectivity index (χ4n) is 3.73. The molecule has 0 spiro atoms. The van der Waals surface area contributed by atoms with Crippen molar-refractivity contribution >= 4 is 13.9 Å². The minimum absolute atomic E-state index is 0.0287. The first-order valence-electron chi connectivity index (χ1n) is 9.62. The summed E-state index contributed by atoms with van der Waals surface area (Å²) >= 11 is 0. The summed E-state index contributed by atoms with van der Waals surface area (Å²) in [5, 5.41) is 11.1. The van der Waals surface area contributed by atoms with Crippen molar-refractivity contribution in [1.29, 1.82) is 0 Å². The Hall–Kier alpha value is -1.41. The van der Waals surface area contributed by atoms with Gasteiger partial charge in [0, 0.05) is 17.8 Å². The molecule has 0 saturated heterocycles. The van der Waals surface area contributed by atoms with Crippen LogP contribution < -0.4 is 10.0 Å². The largest absolute Gasteiger partial charge is 0.467 e. The molecule has 1 N–H and O–H groups in total. The predicted molar refractivity (Wildman–Crippen MR) is 116 cm³/mol. The third-order valence-electron chi connectivity index (χ3n) is 5.27. The van der Waals surface area contributed by atoms with E-state index in [1.54, 1.807) is 7.11 Å². The van der Waals surface area contributed by atoms with Gasteiger partial charge >= 0.3 is 0 Å². The average molecular weight is 388 g/mol. The van der Waals surface area contributed by atoms with E-state index < -0.39 is 0 Å². The molecule has 0 amide bonds. The normalized spacial score (nSPS) is 12.1. The molecule has 0 aliphatic rings. The van der Waals surface area contributed by atoms with Crippen LogP contribution in [0.25, 0.3) is 0 Å². The Labute approximate surface area is 165 Å². The third-order valence-corrected chi connectivity index (χ3v) is 7.48. The van der Waals surface area contributed by atoms with Crippen molar-refractivity contribution in [2.45, 2.75) is 59.2 Å². The lowest BCUT2D eigenvalue weighted by Crippen LogP contribution is -2.25. The van der Waals surface area contributed by atoms with E-state index in [1.807, 2.05) is 0 Å². The first kappa shape index (κ1) is 21.9. The van der Waals surface area contributed by atoms with E-state index in [-0.39, 0.29) is 18.6 Å². The van der Waals surface area contributed by atoms with Crippen LogP contribution in [0.5, 0.6) is 5.75 Å². The second-order valence-electron chi connectivity index (χ2n) is 7.24. The van der Waals surface area contributed by atoms with Crippen molar-refractivity contribution in [3.05, 3.63) is 58.1 Å². The molecule has 148 valence electrons. The Morgan fingerprint density at radius 1 is 1.00 bits per heavy atom. The van der Waals surface area contributed by atoms with E-state index >= 15 is 0 Å². The monoisotopic (exact) mass is 388 g/mol. The van der Waals surface area contributed by atoms with Crippen molar-refractivity contribution in [2.75, 3.05) is 13.9 Å². The van der Waals surface area contributed by atoms with Gasteiger partial charge < -0.3 is 14.6 Å². The smallest absolute Gasteiger partial charge is 0.188 e. The number of aliphatic hydroxyl groups is 1. The molecule has 2 aromatic carbocycles. The van der Waals surface area contributed by atoms with Crippen LogP contribution in [0.15, 0.2) is 30.3 Å². The molecule has 2 aromatic rings. The highest BCUT2D eigenvalue weighted by molar-refractivity contribution is 7.48. The fourth-order valence-corrected chi connectivity index (χ4v) is 5.40. The Bertz CT molecular complexity index is 766. The van der Waals surface area contributed by atoms with Crippen LogP contribution in [-0.4, -0.2) is 19.0 Å². The van der Waals surface area contributed by atoms with Gasteiger partial charge in [-0.2, -0.15) is 0 Å². The summed E-state index contributed by atoms with van der Waals surface area (Å²) in [4.78, 5) is 0. The zero-order valence-electron chi connectivity index (χ0n) is 17.5. The lowest BCUT2D eigenvalue weighted by atomic mass is 9.89. The average Bonchev–Trinajstić information content (AvgIpc) is 2.66. The van der Waals surface area contributed by atoms with Crippen LogP contribution in [0.3, 0.4) is 0 Å². The maximum absolute atomic E-state index is 9.88. The first-order valence-corrected chi connectivity index (χ1v) is 10.6. The highest BCUT2D eigenvalue weighted by Crippen LogP contribution is 2.51.